The lowest BCUT2D eigenvalue weighted by molar-refractivity contribution is -0.385. The molecule has 15 heavy (non-hydrogen) atoms. The van der Waals surface area contributed by atoms with Gasteiger partial charge in [-0.05, 0) is 46.1 Å². The second kappa shape index (κ2) is 4.47. The molecule has 0 spiro atoms. The molecule has 82 valence electrons. The molecule has 0 amide bonds. The van der Waals surface area contributed by atoms with Gasteiger partial charge in [0.05, 0.1) is 8.49 Å². The number of nitro groups is 1. The number of hydrogen-bond acceptors (Lipinski definition) is 2. The third-order valence-corrected chi connectivity index (χ3v) is 2.85. The van der Waals surface area contributed by atoms with Crippen molar-refractivity contribution in [3.63, 3.8) is 0 Å². The van der Waals surface area contributed by atoms with Crippen molar-refractivity contribution in [2.24, 2.45) is 5.41 Å². The molecule has 0 aliphatic rings. The summed E-state index contributed by atoms with van der Waals surface area (Å²) in [6, 6.07) is 5.44. The van der Waals surface area contributed by atoms with Crippen LogP contribution in [0.1, 0.15) is 26.3 Å². The fourth-order valence-corrected chi connectivity index (χ4v) is 1.95. The lowest BCUT2D eigenvalue weighted by atomic mass is 9.88. The molecule has 0 saturated heterocycles. The van der Waals surface area contributed by atoms with Crippen LogP contribution in [0.4, 0.5) is 5.69 Å². The van der Waals surface area contributed by atoms with Crippen molar-refractivity contribution in [3.05, 3.63) is 37.4 Å². The highest BCUT2D eigenvalue weighted by atomic mass is 127. The van der Waals surface area contributed by atoms with Crippen LogP contribution >= 0.6 is 22.6 Å². The summed E-state index contributed by atoms with van der Waals surface area (Å²) in [5.74, 6) is 0. The van der Waals surface area contributed by atoms with Crippen LogP contribution < -0.4 is 0 Å². The molecule has 0 radical (unpaired) electrons. The van der Waals surface area contributed by atoms with Gasteiger partial charge < -0.3 is 0 Å². The molecule has 0 unspecified atom stereocenters. The second-order valence-electron chi connectivity index (χ2n) is 4.78. The van der Waals surface area contributed by atoms with E-state index in [0.29, 0.717) is 3.57 Å². The average Bonchev–Trinajstić information content (AvgIpc) is 2.05. The third kappa shape index (κ3) is 3.77. The van der Waals surface area contributed by atoms with Gasteiger partial charge in [0.1, 0.15) is 0 Å². The van der Waals surface area contributed by atoms with E-state index in [1.54, 1.807) is 12.1 Å². The Balaban J connectivity index is 3.03. The van der Waals surface area contributed by atoms with Gasteiger partial charge in [-0.15, -0.1) is 0 Å². The first-order chi connectivity index (χ1) is 6.79. The van der Waals surface area contributed by atoms with Crippen molar-refractivity contribution < 1.29 is 4.92 Å². The van der Waals surface area contributed by atoms with E-state index in [1.165, 1.54) is 0 Å². The van der Waals surface area contributed by atoms with Gasteiger partial charge in [-0.3, -0.25) is 10.1 Å². The smallest absolute Gasteiger partial charge is 0.258 e. The third-order valence-electron chi connectivity index (χ3n) is 1.94. The van der Waals surface area contributed by atoms with Gasteiger partial charge in [0.25, 0.3) is 5.69 Å². The minimum atomic E-state index is -0.325. The van der Waals surface area contributed by atoms with Crippen LogP contribution in [0, 0.1) is 19.1 Å². The largest absolute Gasteiger partial charge is 0.282 e. The number of rotatable bonds is 2. The maximum Gasteiger partial charge on any atom is 0.282 e. The summed E-state index contributed by atoms with van der Waals surface area (Å²) < 4.78 is 0.690. The predicted molar refractivity (Wildman–Crippen MR) is 69.0 cm³/mol. The molecule has 1 rings (SSSR count). The molecular weight excluding hydrogens is 305 g/mol. The van der Waals surface area contributed by atoms with Gasteiger partial charge >= 0.3 is 0 Å². The molecule has 0 aliphatic carbocycles. The number of benzene rings is 1. The van der Waals surface area contributed by atoms with Crippen molar-refractivity contribution >= 4 is 28.3 Å². The minimum Gasteiger partial charge on any atom is -0.258 e. The first kappa shape index (κ1) is 12.4. The monoisotopic (exact) mass is 319 g/mol. The molecule has 0 saturated carbocycles. The highest BCUT2D eigenvalue weighted by Gasteiger charge is 2.16. The van der Waals surface area contributed by atoms with Crippen LogP contribution in [0.15, 0.2) is 18.2 Å². The fraction of sp³-hybridized carbons (Fsp3) is 0.455. The minimum absolute atomic E-state index is 0.153. The Morgan fingerprint density at radius 3 is 2.47 bits per heavy atom. The van der Waals surface area contributed by atoms with E-state index in [0.717, 1.165) is 12.0 Å². The second-order valence-corrected chi connectivity index (χ2v) is 5.94. The first-order valence-electron chi connectivity index (χ1n) is 4.72. The van der Waals surface area contributed by atoms with Crippen molar-refractivity contribution in [2.45, 2.75) is 27.2 Å². The number of nitrogens with zero attached hydrogens (tertiary/aromatic N) is 1. The molecule has 3 nitrogen and oxygen atoms in total. The fourth-order valence-electron chi connectivity index (χ4n) is 1.42. The normalized spacial score (nSPS) is 11.5. The Kier molecular flexibility index (Phi) is 3.70. The van der Waals surface area contributed by atoms with Gasteiger partial charge in [-0.1, -0.05) is 26.8 Å². The van der Waals surface area contributed by atoms with Gasteiger partial charge in [0, 0.05) is 6.07 Å². The van der Waals surface area contributed by atoms with Gasteiger partial charge in [0.2, 0.25) is 0 Å². The van der Waals surface area contributed by atoms with Crippen molar-refractivity contribution in [2.75, 3.05) is 0 Å². The Bertz CT molecular complexity index is 383. The van der Waals surface area contributed by atoms with Gasteiger partial charge in [0.15, 0.2) is 0 Å². The van der Waals surface area contributed by atoms with E-state index in [2.05, 4.69) is 20.8 Å². The Morgan fingerprint density at radius 2 is 2.00 bits per heavy atom. The summed E-state index contributed by atoms with van der Waals surface area (Å²) in [6.45, 7) is 6.37. The molecule has 0 fully saturated rings. The maximum atomic E-state index is 10.7. The molecule has 1 aromatic rings. The maximum absolute atomic E-state index is 10.7. The van der Waals surface area contributed by atoms with Crippen LogP contribution in [0.25, 0.3) is 0 Å². The van der Waals surface area contributed by atoms with E-state index >= 15 is 0 Å². The lowest BCUT2D eigenvalue weighted by Crippen LogP contribution is -2.09. The van der Waals surface area contributed by atoms with Crippen LogP contribution in [0.2, 0.25) is 0 Å². The molecule has 0 heterocycles. The van der Waals surface area contributed by atoms with Crippen molar-refractivity contribution in [1.82, 2.24) is 0 Å². The zero-order valence-electron chi connectivity index (χ0n) is 9.08. The van der Waals surface area contributed by atoms with Crippen molar-refractivity contribution in [1.29, 1.82) is 0 Å². The van der Waals surface area contributed by atoms with Crippen LogP contribution in [-0.2, 0) is 6.42 Å². The molecule has 0 atom stereocenters. The SMILES string of the molecule is CC(C)(C)Cc1ccc(I)c([N+](=O)[O-])c1. The summed E-state index contributed by atoms with van der Waals surface area (Å²) in [5.41, 5.74) is 1.38. The number of halogens is 1. The van der Waals surface area contributed by atoms with E-state index in [-0.39, 0.29) is 16.0 Å². The molecule has 0 bridgehead atoms. The van der Waals surface area contributed by atoms with E-state index in [1.807, 2.05) is 28.7 Å². The van der Waals surface area contributed by atoms with Gasteiger partial charge in [-0.25, -0.2) is 0 Å². The molecule has 1 aromatic carbocycles. The van der Waals surface area contributed by atoms with Gasteiger partial charge in [-0.2, -0.15) is 0 Å². The highest BCUT2D eigenvalue weighted by molar-refractivity contribution is 14.1. The summed E-state index contributed by atoms with van der Waals surface area (Å²) in [5, 5.41) is 10.7. The number of nitro benzene ring substituents is 1. The summed E-state index contributed by atoms with van der Waals surface area (Å²) >= 11 is 1.99. The predicted octanol–water partition coefficient (Wildman–Crippen LogP) is 3.79. The zero-order valence-corrected chi connectivity index (χ0v) is 11.2. The Labute approximate surface area is 103 Å². The standard InChI is InChI=1S/C11H14INO2/c1-11(2,3)7-8-4-5-9(12)10(6-8)13(14)15/h4-6H,7H2,1-3H3. The topological polar surface area (TPSA) is 43.1 Å². The van der Waals surface area contributed by atoms with Crippen LogP contribution in [0.3, 0.4) is 0 Å². The highest BCUT2D eigenvalue weighted by Crippen LogP contribution is 2.26. The Hall–Kier alpha value is -0.650. The summed E-state index contributed by atoms with van der Waals surface area (Å²) in [7, 11) is 0. The van der Waals surface area contributed by atoms with Crippen molar-refractivity contribution in [3.8, 4) is 0 Å². The van der Waals surface area contributed by atoms with E-state index in [9.17, 15) is 10.1 Å². The van der Waals surface area contributed by atoms with Crippen LogP contribution in [-0.4, -0.2) is 4.92 Å². The molecule has 4 heteroatoms. The molecular formula is C11H14INO2. The van der Waals surface area contributed by atoms with Crippen LogP contribution in [0.5, 0.6) is 0 Å². The first-order valence-corrected chi connectivity index (χ1v) is 5.80. The lowest BCUT2D eigenvalue weighted by Gasteiger charge is -2.17. The Morgan fingerprint density at radius 1 is 1.40 bits per heavy atom. The quantitative estimate of drug-likeness (QED) is 0.473. The molecule has 0 aliphatic heterocycles. The van der Waals surface area contributed by atoms with E-state index < -0.39 is 0 Å². The molecule has 0 aromatic heterocycles. The summed E-state index contributed by atoms with van der Waals surface area (Å²) in [6.07, 6.45) is 0.852. The number of hydrogen-bond donors (Lipinski definition) is 0. The average molecular weight is 319 g/mol. The van der Waals surface area contributed by atoms with E-state index in [4.69, 9.17) is 0 Å². The molecule has 0 N–H and O–H groups in total. The summed E-state index contributed by atoms with van der Waals surface area (Å²) in [4.78, 5) is 10.4. The zero-order chi connectivity index (χ0) is 11.6.